The third-order valence-corrected chi connectivity index (χ3v) is 12.2. The van der Waals surface area contributed by atoms with Gasteiger partial charge < -0.3 is 4.90 Å². The number of benzene rings is 8. The zero-order valence-corrected chi connectivity index (χ0v) is 28.6. The van der Waals surface area contributed by atoms with Crippen LogP contribution in [0.4, 0.5) is 17.1 Å². The molecule has 2 aliphatic carbocycles. The zero-order valence-electron chi connectivity index (χ0n) is 27.8. The molecule has 0 aliphatic heterocycles. The van der Waals surface area contributed by atoms with Gasteiger partial charge >= 0.3 is 0 Å². The Morgan fingerprint density at radius 2 is 0.902 bits per heavy atom. The van der Waals surface area contributed by atoms with Crippen molar-refractivity contribution >= 4 is 48.6 Å². The molecule has 51 heavy (non-hydrogen) atoms. The Morgan fingerprint density at radius 1 is 0.373 bits per heavy atom. The molecule has 0 atom stereocenters. The minimum Gasteiger partial charge on any atom is -0.309 e. The van der Waals surface area contributed by atoms with Crippen molar-refractivity contribution in [1.29, 1.82) is 0 Å². The van der Waals surface area contributed by atoms with E-state index in [1.54, 1.807) is 0 Å². The van der Waals surface area contributed by atoms with Crippen molar-refractivity contribution in [2.45, 2.75) is 5.41 Å². The van der Waals surface area contributed by atoms with E-state index < -0.39 is 5.41 Å². The van der Waals surface area contributed by atoms with Crippen LogP contribution in [-0.4, -0.2) is 0 Å². The Bertz CT molecular complexity index is 2760. The first-order valence-corrected chi connectivity index (χ1v) is 18.4. The number of nitrogens with zero attached hydrogens (tertiary/aromatic N) is 1. The summed E-state index contributed by atoms with van der Waals surface area (Å²) in [6.07, 6.45) is 0. The first-order valence-electron chi connectivity index (χ1n) is 17.6. The Morgan fingerprint density at radius 3 is 1.63 bits per heavy atom. The molecule has 0 saturated heterocycles. The quantitative estimate of drug-likeness (QED) is 0.181. The normalized spacial score (nSPS) is 13.3. The molecule has 0 fully saturated rings. The van der Waals surface area contributed by atoms with E-state index in [1.807, 2.05) is 11.3 Å². The molecule has 0 amide bonds. The lowest BCUT2D eigenvalue weighted by Crippen LogP contribution is -2.28. The van der Waals surface area contributed by atoms with E-state index in [1.165, 1.54) is 81.5 Å². The predicted octanol–water partition coefficient (Wildman–Crippen LogP) is 13.5. The van der Waals surface area contributed by atoms with Crippen molar-refractivity contribution in [2.75, 3.05) is 4.90 Å². The first kappa shape index (κ1) is 28.6. The molecule has 0 bridgehead atoms. The molecule has 2 heteroatoms. The van der Waals surface area contributed by atoms with E-state index in [2.05, 4.69) is 193 Å². The monoisotopic (exact) mass is 665 g/mol. The maximum absolute atomic E-state index is 2.54. The third-order valence-electron chi connectivity index (χ3n) is 11.1. The number of fused-ring (bicyclic) bond motifs is 13. The lowest BCUT2D eigenvalue weighted by Gasteiger charge is -2.36. The number of para-hydroxylation sites is 1. The van der Waals surface area contributed by atoms with Crippen LogP contribution in [0, 0.1) is 0 Å². The van der Waals surface area contributed by atoms with Crippen LogP contribution >= 0.6 is 11.3 Å². The molecule has 1 spiro atoms. The number of anilines is 3. The molecule has 2 aliphatic rings. The first-order chi connectivity index (χ1) is 25.3. The molecule has 1 nitrogen and oxygen atoms in total. The van der Waals surface area contributed by atoms with E-state index in [0.29, 0.717) is 0 Å². The average molecular weight is 666 g/mol. The summed E-state index contributed by atoms with van der Waals surface area (Å²) in [5, 5.41) is 2.62. The Balaban J connectivity index is 1.27. The van der Waals surface area contributed by atoms with Gasteiger partial charge in [0.1, 0.15) is 0 Å². The molecule has 0 N–H and O–H groups in total. The summed E-state index contributed by atoms with van der Waals surface area (Å²) in [7, 11) is 0. The fraction of sp³-hybridized carbons (Fsp3) is 0.0204. The second-order valence-corrected chi connectivity index (χ2v) is 14.7. The molecular weight excluding hydrogens is 635 g/mol. The van der Waals surface area contributed by atoms with Crippen molar-refractivity contribution < 1.29 is 0 Å². The summed E-state index contributed by atoms with van der Waals surface area (Å²) in [6.45, 7) is 0. The van der Waals surface area contributed by atoms with Crippen molar-refractivity contribution in [3.05, 3.63) is 210 Å². The highest BCUT2D eigenvalue weighted by Crippen LogP contribution is 2.65. The molecule has 8 aromatic carbocycles. The molecule has 11 rings (SSSR count). The molecular formula is C49H31NS. The minimum atomic E-state index is -0.475. The molecule has 1 heterocycles. The van der Waals surface area contributed by atoms with Crippen LogP contribution in [0.2, 0.25) is 0 Å². The van der Waals surface area contributed by atoms with Gasteiger partial charge in [0.25, 0.3) is 0 Å². The van der Waals surface area contributed by atoms with Crippen LogP contribution in [0.5, 0.6) is 0 Å². The van der Waals surface area contributed by atoms with Gasteiger partial charge in [-0.15, -0.1) is 11.3 Å². The van der Waals surface area contributed by atoms with Crippen LogP contribution < -0.4 is 4.90 Å². The largest absolute Gasteiger partial charge is 0.309 e. The van der Waals surface area contributed by atoms with Crippen LogP contribution in [0.3, 0.4) is 0 Å². The second kappa shape index (κ2) is 10.9. The SMILES string of the molecule is c1ccc(-c2ccccc2N(c2ccc3c(c2)sc2ccccc23)c2cccc3c2C2(c4ccccc4-c4ccccc42)c2ccccc2-3)cc1. The Kier molecular flexibility index (Phi) is 6.11. The molecule has 0 saturated carbocycles. The maximum atomic E-state index is 2.54. The number of rotatable bonds is 4. The topological polar surface area (TPSA) is 3.24 Å². The summed E-state index contributed by atoms with van der Waals surface area (Å²) < 4.78 is 2.60. The van der Waals surface area contributed by atoms with E-state index in [-0.39, 0.29) is 0 Å². The zero-order chi connectivity index (χ0) is 33.5. The smallest absolute Gasteiger partial charge is 0.0746 e. The predicted molar refractivity (Wildman–Crippen MR) is 216 cm³/mol. The van der Waals surface area contributed by atoms with Crippen molar-refractivity contribution in [1.82, 2.24) is 0 Å². The highest BCUT2D eigenvalue weighted by molar-refractivity contribution is 7.25. The molecule has 0 unspecified atom stereocenters. The third kappa shape index (κ3) is 3.91. The molecule has 9 aromatic rings. The second-order valence-electron chi connectivity index (χ2n) is 13.6. The fourth-order valence-electron chi connectivity index (χ4n) is 9.11. The minimum absolute atomic E-state index is 0.475. The molecule has 238 valence electrons. The molecule has 1 aromatic heterocycles. The van der Waals surface area contributed by atoms with Gasteiger partial charge in [0, 0.05) is 37.0 Å². The maximum Gasteiger partial charge on any atom is 0.0746 e. The number of hydrogen-bond donors (Lipinski definition) is 0. The average Bonchev–Trinajstić information content (AvgIpc) is 3.83. The van der Waals surface area contributed by atoms with Gasteiger partial charge in [-0.05, 0) is 74.8 Å². The summed E-state index contributed by atoms with van der Waals surface area (Å²) in [5.74, 6) is 0. The van der Waals surface area contributed by atoms with Gasteiger partial charge in [0.05, 0.1) is 16.8 Å². The van der Waals surface area contributed by atoms with E-state index in [4.69, 9.17) is 0 Å². The van der Waals surface area contributed by atoms with Gasteiger partial charge in [-0.1, -0.05) is 158 Å². The van der Waals surface area contributed by atoms with E-state index in [9.17, 15) is 0 Å². The van der Waals surface area contributed by atoms with Gasteiger partial charge in [-0.25, -0.2) is 0 Å². The van der Waals surface area contributed by atoms with Gasteiger partial charge in [-0.3, -0.25) is 0 Å². The van der Waals surface area contributed by atoms with Gasteiger partial charge in [-0.2, -0.15) is 0 Å². The van der Waals surface area contributed by atoms with Crippen LogP contribution in [0.15, 0.2) is 188 Å². The highest BCUT2D eigenvalue weighted by Gasteiger charge is 2.53. The van der Waals surface area contributed by atoms with Crippen LogP contribution in [0.25, 0.3) is 53.6 Å². The summed E-state index contributed by atoms with van der Waals surface area (Å²) in [4.78, 5) is 2.54. The summed E-state index contributed by atoms with van der Waals surface area (Å²) in [5.41, 5.74) is 16.0. The fourth-order valence-corrected chi connectivity index (χ4v) is 10.3. The van der Waals surface area contributed by atoms with Gasteiger partial charge in [0.15, 0.2) is 0 Å². The van der Waals surface area contributed by atoms with E-state index >= 15 is 0 Å². The Labute approximate surface area is 301 Å². The lowest BCUT2D eigenvalue weighted by molar-refractivity contribution is 0.793. The summed E-state index contributed by atoms with van der Waals surface area (Å²) in [6, 6.07) is 69.8. The van der Waals surface area contributed by atoms with Gasteiger partial charge in [0.2, 0.25) is 0 Å². The standard InChI is InChI=1S/C49H31NS/c1-2-15-32(16-3-1)34-17-7-12-26-44(34)50(33-29-30-39-38-21-8-13-28-46(38)51-47(39)31-33)45-27-14-22-40-37-20-6-11-25-43(37)49(48(40)45)41-23-9-4-18-35(41)36-19-5-10-24-42(36)49/h1-31H. The summed E-state index contributed by atoms with van der Waals surface area (Å²) >= 11 is 1.87. The van der Waals surface area contributed by atoms with Crippen LogP contribution in [-0.2, 0) is 5.41 Å². The van der Waals surface area contributed by atoms with Crippen molar-refractivity contribution in [2.24, 2.45) is 0 Å². The number of hydrogen-bond acceptors (Lipinski definition) is 2. The van der Waals surface area contributed by atoms with Crippen molar-refractivity contribution in [3.8, 4) is 33.4 Å². The lowest BCUT2D eigenvalue weighted by atomic mass is 9.70. The Hall–Kier alpha value is -6.22. The van der Waals surface area contributed by atoms with E-state index in [0.717, 1.165) is 11.4 Å². The van der Waals surface area contributed by atoms with Crippen LogP contribution in [0.1, 0.15) is 22.3 Å². The molecule has 0 radical (unpaired) electrons. The van der Waals surface area contributed by atoms with Crippen molar-refractivity contribution in [3.63, 3.8) is 0 Å². The highest BCUT2D eigenvalue weighted by atomic mass is 32.1. The number of thiophene rings is 1.